The van der Waals surface area contributed by atoms with Gasteiger partial charge in [0.05, 0.1) is 36.3 Å². The molecule has 46 heavy (non-hydrogen) atoms. The number of carboxylic acids is 1. The monoisotopic (exact) mass is 643 g/mol. The first-order valence-electron chi connectivity index (χ1n) is 15.3. The molecule has 0 saturated heterocycles. The third-order valence-electron chi connectivity index (χ3n) is 9.53. The number of ether oxygens (including phenoxy) is 1. The molecule has 1 aliphatic heterocycles. The van der Waals surface area contributed by atoms with Crippen LogP contribution in [-0.2, 0) is 20.6 Å². The lowest BCUT2D eigenvalue weighted by Gasteiger charge is -2.30. The number of carbonyl (C=O) groups excluding carboxylic acids is 2. The van der Waals surface area contributed by atoms with Crippen molar-refractivity contribution in [2.24, 2.45) is 28.8 Å². The summed E-state index contributed by atoms with van der Waals surface area (Å²) in [5.74, 6) is -3.99. The first-order valence-corrected chi connectivity index (χ1v) is 15.3. The fraction of sp³-hybridized carbons (Fsp3) is 0.455. The maximum absolute atomic E-state index is 13.9. The number of fused-ring (bicyclic) bond motifs is 2. The summed E-state index contributed by atoms with van der Waals surface area (Å²) in [5, 5.41) is 18.7. The van der Waals surface area contributed by atoms with E-state index in [2.05, 4.69) is 21.9 Å². The van der Waals surface area contributed by atoms with Gasteiger partial charge < -0.3 is 25.3 Å². The van der Waals surface area contributed by atoms with Crippen molar-refractivity contribution < 1.29 is 46.6 Å². The Morgan fingerprint density at radius 3 is 2.52 bits per heavy atom. The highest BCUT2D eigenvalue weighted by atomic mass is 19.4. The van der Waals surface area contributed by atoms with Crippen LogP contribution in [0.15, 0.2) is 53.2 Å². The zero-order valence-electron chi connectivity index (χ0n) is 24.9. The number of amides is 2. The van der Waals surface area contributed by atoms with E-state index in [4.69, 9.17) is 14.7 Å². The number of anilines is 1. The van der Waals surface area contributed by atoms with Gasteiger partial charge >= 0.3 is 12.1 Å². The third-order valence-corrected chi connectivity index (χ3v) is 9.53. The van der Waals surface area contributed by atoms with Crippen LogP contribution in [0.1, 0.15) is 66.4 Å². The Hall–Kier alpha value is -4.42. The minimum atomic E-state index is -4.94. The number of oxime groups is 1. The largest absolute Gasteiger partial charge is 0.496 e. The van der Waals surface area contributed by atoms with Crippen LogP contribution >= 0.6 is 0 Å². The lowest BCUT2D eigenvalue weighted by molar-refractivity contribution is -0.140. The molecule has 2 aromatic carbocycles. The van der Waals surface area contributed by atoms with Crippen molar-refractivity contribution in [1.82, 2.24) is 5.32 Å². The Balaban J connectivity index is 1.27. The molecule has 3 N–H and O–H groups in total. The summed E-state index contributed by atoms with van der Waals surface area (Å²) in [6, 6.07) is 6.53. The standard InChI is InChI=1S/C33H33F4N3O6/c1-45-27-10-5-17(26-14-19(46-40-26)15-28(41)42)12-23(27)31(43)39-30-21-8-7-20(22(21)11-16-3-2-4-16)29(30)32(44)38-18-6-9-25(34)24(13-18)33(35,36)37/h5-6,9-13,16,19-21,29-30H,2-4,7-8,14-15H2,1H3,(H,38,44)(H,39,43)(H,41,42)/b22-11-/t19?,20?,21?,29-,30+/m0/s1. The van der Waals surface area contributed by atoms with Crippen molar-refractivity contribution in [3.63, 3.8) is 0 Å². The second-order valence-electron chi connectivity index (χ2n) is 12.3. The number of alkyl halides is 3. The highest BCUT2D eigenvalue weighted by molar-refractivity contribution is 6.05. The summed E-state index contributed by atoms with van der Waals surface area (Å²) in [5.41, 5.74) is 0.613. The van der Waals surface area contributed by atoms with Crippen LogP contribution in [0.5, 0.6) is 5.75 Å². The van der Waals surface area contributed by atoms with Crippen molar-refractivity contribution in [2.45, 2.75) is 63.3 Å². The van der Waals surface area contributed by atoms with Gasteiger partial charge in [0.1, 0.15) is 17.7 Å². The van der Waals surface area contributed by atoms with Gasteiger partial charge in [-0.2, -0.15) is 13.2 Å². The molecule has 0 aromatic heterocycles. The van der Waals surface area contributed by atoms with E-state index in [-0.39, 0.29) is 41.7 Å². The number of carbonyl (C=O) groups is 3. The second kappa shape index (κ2) is 12.4. The predicted octanol–water partition coefficient (Wildman–Crippen LogP) is 5.94. The van der Waals surface area contributed by atoms with Gasteiger partial charge in [0, 0.05) is 29.6 Å². The smallest absolute Gasteiger partial charge is 0.419 e. The first kappa shape index (κ1) is 31.6. The highest BCUT2D eigenvalue weighted by Crippen LogP contribution is 2.54. The topological polar surface area (TPSA) is 126 Å². The van der Waals surface area contributed by atoms with Gasteiger partial charge in [0.15, 0.2) is 0 Å². The van der Waals surface area contributed by atoms with E-state index in [1.54, 1.807) is 18.2 Å². The molecule has 244 valence electrons. The normalized spacial score (nSPS) is 26.3. The molecule has 2 bridgehead atoms. The fourth-order valence-electron chi connectivity index (χ4n) is 7.15. The first-order chi connectivity index (χ1) is 21.9. The van der Waals surface area contributed by atoms with Gasteiger partial charge in [-0.05, 0) is 73.9 Å². The van der Waals surface area contributed by atoms with E-state index in [9.17, 15) is 31.9 Å². The van der Waals surface area contributed by atoms with Gasteiger partial charge in [0.2, 0.25) is 5.91 Å². The molecule has 3 saturated carbocycles. The SMILES string of the molecule is COc1ccc(C2=NOC(CC(=O)O)C2)cc1C(=O)N[C@@H]1C2CCC(/C2=C/C2CCC2)[C@@H]1C(=O)Nc1ccc(F)c(C(F)(F)F)c1. The summed E-state index contributed by atoms with van der Waals surface area (Å²) in [7, 11) is 1.41. The molecule has 6 rings (SSSR count). The molecule has 5 atom stereocenters. The van der Waals surface area contributed by atoms with Gasteiger partial charge in [-0.25, -0.2) is 4.39 Å². The molecule has 0 radical (unpaired) electrons. The van der Waals surface area contributed by atoms with E-state index in [1.165, 1.54) is 7.11 Å². The summed E-state index contributed by atoms with van der Waals surface area (Å²) in [4.78, 5) is 44.0. The number of hydrogen-bond acceptors (Lipinski definition) is 6. The molecule has 2 amide bonds. The average Bonchev–Trinajstić information content (AvgIpc) is 3.68. The zero-order chi connectivity index (χ0) is 32.7. The molecule has 4 aliphatic rings. The van der Waals surface area contributed by atoms with Crippen LogP contribution in [0.2, 0.25) is 0 Å². The molecule has 3 aliphatic carbocycles. The number of rotatable bonds is 9. The van der Waals surface area contributed by atoms with Crippen LogP contribution in [0.4, 0.5) is 23.2 Å². The molecule has 1 heterocycles. The van der Waals surface area contributed by atoms with Crippen molar-refractivity contribution in [2.75, 3.05) is 12.4 Å². The lowest BCUT2D eigenvalue weighted by atomic mass is 9.82. The van der Waals surface area contributed by atoms with Gasteiger partial charge in [0.25, 0.3) is 5.91 Å². The Morgan fingerprint density at radius 2 is 1.85 bits per heavy atom. The number of halogens is 4. The summed E-state index contributed by atoms with van der Waals surface area (Å²) in [6.07, 6.45) is 1.29. The maximum atomic E-state index is 13.9. The molecule has 2 aromatic rings. The number of hydrogen-bond donors (Lipinski definition) is 3. The minimum absolute atomic E-state index is 0.136. The van der Waals surface area contributed by atoms with Crippen molar-refractivity contribution in [1.29, 1.82) is 0 Å². The van der Waals surface area contributed by atoms with Crippen LogP contribution in [0.3, 0.4) is 0 Å². The molecule has 9 nitrogen and oxygen atoms in total. The Bertz CT molecular complexity index is 1620. The number of allylic oxidation sites excluding steroid dienone is 1. The van der Waals surface area contributed by atoms with E-state index in [1.807, 2.05) is 0 Å². The van der Waals surface area contributed by atoms with E-state index < -0.39 is 53.4 Å². The quantitative estimate of drug-likeness (QED) is 0.229. The third kappa shape index (κ3) is 6.19. The molecular weight excluding hydrogens is 610 g/mol. The van der Waals surface area contributed by atoms with Crippen molar-refractivity contribution in [3.05, 3.63) is 70.6 Å². The summed E-state index contributed by atoms with van der Waals surface area (Å²) in [6.45, 7) is 0. The fourth-order valence-corrected chi connectivity index (χ4v) is 7.15. The lowest BCUT2D eigenvalue weighted by Crippen LogP contribution is -2.48. The molecule has 3 fully saturated rings. The van der Waals surface area contributed by atoms with Crippen LogP contribution in [0.25, 0.3) is 0 Å². The van der Waals surface area contributed by atoms with Crippen LogP contribution in [-0.4, -0.2) is 47.9 Å². The number of methoxy groups -OCH3 is 1. The second-order valence-corrected chi connectivity index (χ2v) is 12.3. The molecule has 3 unspecified atom stereocenters. The molecular formula is C33H33F4N3O6. The average molecular weight is 644 g/mol. The zero-order valence-corrected chi connectivity index (χ0v) is 24.9. The van der Waals surface area contributed by atoms with E-state index in [0.29, 0.717) is 35.7 Å². The summed E-state index contributed by atoms with van der Waals surface area (Å²) >= 11 is 0. The van der Waals surface area contributed by atoms with E-state index in [0.717, 1.165) is 37.3 Å². The predicted molar refractivity (Wildman–Crippen MR) is 158 cm³/mol. The molecule has 13 heteroatoms. The minimum Gasteiger partial charge on any atom is -0.496 e. The maximum Gasteiger partial charge on any atom is 0.419 e. The molecule has 0 spiro atoms. The number of benzene rings is 2. The number of aliphatic carboxylic acids is 1. The van der Waals surface area contributed by atoms with Crippen molar-refractivity contribution >= 4 is 29.2 Å². The van der Waals surface area contributed by atoms with Gasteiger partial charge in [-0.15, -0.1) is 0 Å². The van der Waals surface area contributed by atoms with Crippen LogP contribution in [0, 0.1) is 29.5 Å². The Kier molecular flexibility index (Phi) is 8.51. The Morgan fingerprint density at radius 1 is 1.09 bits per heavy atom. The van der Waals surface area contributed by atoms with Crippen LogP contribution < -0.4 is 15.4 Å². The highest BCUT2D eigenvalue weighted by Gasteiger charge is 2.55. The van der Waals surface area contributed by atoms with E-state index >= 15 is 0 Å². The number of carboxylic acid groups (broad SMARTS) is 1. The number of nitrogens with one attached hydrogen (secondary N) is 2. The number of nitrogens with zero attached hydrogens (tertiary/aromatic N) is 1. The van der Waals surface area contributed by atoms with Crippen molar-refractivity contribution in [3.8, 4) is 5.75 Å². The Labute approximate surface area is 262 Å². The van der Waals surface area contributed by atoms with Gasteiger partial charge in [-0.1, -0.05) is 23.2 Å². The summed E-state index contributed by atoms with van der Waals surface area (Å²) < 4.78 is 59.5. The van der Waals surface area contributed by atoms with Gasteiger partial charge in [-0.3, -0.25) is 14.4 Å².